The standard InChI is InChI=1S/C15H15N5O/c1-2-11-10-16-5-4-12(11)13(3-1)14-17-15(19-18-14)20-6-8-21-9-7-20/h1-5,10H,6-9H2,(H,17,18,19). The molecule has 0 spiro atoms. The fraction of sp³-hybridized carbons (Fsp3) is 0.267. The number of rotatable bonds is 2. The van der Waals surface area contributed by atoms with Gasteiger partial charge in [0.25, 0.3) is 0 Å². The highest BCUT2D eigenvalue weighted by Gasteiger charge is 2.16. The molecule has 0 amide bonds. The molecule has 1 fully saturated rings. The van der Waals surface area contributed by atoms with Gasteiger partial charge in [0.1, 0.15) is 0 Å². The Labute approximate surface area is 121 Å². The van der Waals surface area contributed by atoms with Gasteiger partial charge in [0.2, 0.25) is 5.95 Å². The number of ether oxygens (including phenoxy) is 1. The number of benzene rings is 1. The first-order chi connectivity index (χ1) is 10.4. The van der Waals surface area contributed by atoms with E-state index in [1.54, 1.807) is 6.20 Å². The zero-order valence-electron chi connectivity index (χ0n) is 11.5. The molecule has 6 nitrogen and oxygen atoms in total. The zero-order valence-corrected chi connectivity index (χ0v) is 11.5. The van der Waals surface area contributed by atoms with Crippen LogP contribution in [0.2, 0.25) is 0 Å². The number of nitrogens with zero attached hydrogens (tertiary/aromatic N) is 4. The molecule has 1 aliphatic heterocycles. The van der Waals surface area contributed by atoms with Crippen molar-refractivity contribution in [2.45, 2.75) is 0 Å². The quantitative estimate of drug-likeness (QED) is 0.776. The summed E-state index contributed by atoms with van der Waals surface area (Å²) in [5, 5.41) is 9.61. The lowest BCUT2D eigenvalue weighted by Crippen LogP contribution is -2.36. The third-order valence-electron chi connectivity index (χ3n) is 3.70. The van der Waals surface area contributed by atoms with Crippen LogP contribution >= 0.6 is 0 Å². The average molecular weight is 281 g/mol. The van der Waals surface area contributed by atoms with E-state index in [4.69, 9.17) is 4.74 Å². The number of morpholine rings is 1. The molecule has 3 aromatic rings. The number of aromatic nitrogens is 4. The predicted octanol–water partition coefficient (Wildman–Crippen LogP) is 1.86. The molecule has 2 aromatic heterocycles. The molecule has 1 N–H and O–H groups in total. The van der Waals surface area contributed by atoms with Gasteiger partial charge >= 0.3 is 0 Å². The Morgan fingerprint density at radius 1 is 1.14 bits per heavy atom. The maximum atomic E-state index is 5.36. The van der Waals surface area contributed by atoms with Gasteiger partial charge in [-0.15, -0.1) is 5.10 Å². The van der Waals surface area contributed by atoms with Gasteiger partial charge in [-0.25, -0.2) is 0 Å². The molecule has 0 saturated carbocycles. The van der Waals surface area contributed by atoms with Crippen molar-refractivity contribution < 1.29 is 4.74 Å². The molecule has 0 atom stereocenters. The first kappa shape index (κ1) is 12.3. The maximum Gasteiger partial charge on any atom is 0.245 e. The van der Waals surface area contributed by atoms with Crippen molar-refractivity contribution >= 4 is 16.7 Å². The largest absolute Gasteiger partial charge is 0.378 e. The summed E-state index contributed by atoms with van der Waals surface area (Å²) in [5.41, 5.74) is 1.04. The van der Waals surface area contributed by atoms with Gasteiger partial charge in [-0.1, -0.05) is 18.2 Å². The van der Waals surface area contributed by atoms with E-state index in [0.717, 1.165) is 54.4 Å². The molecule has 1 aromatic carbocycles. The van der Waals surface area contributed by atoms with E-state index < -0.39 is 0 Å². The topological polar surface area (TPSA) is 66.9 Å². The lowest BCUT2D eigenvalue weighted by atomic mass is 10.1. The SMILES string of the molecule is c1cc(-c2nc(N3CCOCC3)n[nH]2)c2ccncc2c1. The Bertz CT molecular complexity index is 758. The van der Waals surface area contributed by atoms with Crippen molar-refractivity contribution in [3.63, 3.8) is 0 Å². The van der Waals surface area contributed by atoms with Crippen molar-refractivity contribution in [1.29, 1.82) is 0 Å². The van der Waals surface area contributed by atoms with Crippen molar-refractivity contribution in [3.05, 3.63) is 36.7 Å². The number of hydrogen-bond acceptors (Lipinski definition) is 5. The highest BCUT2D eigenvalue weighted by atomic mass is 16.5. The summed E-state index contributed by atoms with van der Waals surface area (Å²) in [6, 6.07) is 8.11. The number of aromatic amines is 1. The van der Waals surface area contributed by atoms with Gasteiger partial charge in [-0.05, 0) is 11.5 Å². The second-order valence-corrected chi connectivity index (χ2v) is 4.99. The second kappa shape index (κ2) is 5.14. The summed E-state index contributed by atoms with van der Waals surface area (Å²) in [6.45, 7) is 3.11. The summed E-state index contributed by atoms with van der Waals surface area (Å²) in [5.74, 6) is 1.52. The Hall–Kier alpha value is -2.47. The summed E-state index contributed by atoms with van der Waals surface area (Å²) in [6.07, 6.45) is 3.66. The third-order valence-corrected chi connectivity index (χ3v) is 3.70. The molecule has 1 saturated heterocycles. The smallest absolute Gasteiger partial charge is 0.245 e. The van der Waals surface area contributed by atoms with Gasteiger partial charge in [0, 0.05) is 36.4 Å². The molecule has 106 valence electrons. The van der Waals surface area contributed by atoms with E-state index in [0.29, 0.717) is 0 Å². The van der Waals surface area contributed by atoms with E-state index in [1.165, 1.54) is 0 Å². The molecule has 21 heavy (non-hydrogen) atoms. The van der Waals surface area contributed by atoms with Crippen LogP contribution in [0.1, 0.15) is 0 Å². The Kier molecular flexibility index (Phi) is 3.01. The molecule has 3 heterocycles. The van der Waals surface area contributed by atoms with E-state index in [2.05, 4.69) is 25.1 Å². The van der Waals surface area contributed by atoms with E-state index in [-0.39, 0.29) is 0 Å². The average Bonchev–Trinajstić information content (AvgIpc) is 3.05. The van der Waals surface area contributed by atoms with Crippen LogP contribution < -0.4 is 4.90 Å². The number of anilines is 1. The lowest BCUT2D eigenvalue weighted by Gasteiger charge is -2.25. The van der Waals surface area contributed by atoms with Crippen LogP contribution in [0.4, 0.5) is 5.95 Å². The van der Waals surface area contributed by atoms with Gasteiger partial charge in [-0.2, -0.15) is 4.98 Å². The summed E-state index contributed by atoms with van der Waals surface area (Å²) < 4.78 is 5.36. The van der Waals surface area contributed by atoms with E-state index in [9.17, 15) is 0 Å². The van der Waals surface area contributed by atoms with Crippen LogP contribution in [-0.4, -0.2) is 46.5 Å². The molecule has 0 aliphatic carbocycles. The minimum atomic E-state index is 0.726. The lowest BCUT2D eigenvalue weighted by molar-refractivity contribution is 0.122. The summed E-state index contributed by atoms with van der Waals surface area (Å²) in [4.78, 5) is 10.9. The van der Waals surface area contributed by atoms with Gasteiger partial charge in [0.05, 0.1) is 13.2 Å². The van der Waals surface area contributed by atoms with Crippen LogP contribution in [0.15, 0.2) is 36.7 Å². The number of pyridine rings is 1. The molecular formula is C15H15N5O. The predicted molar refractivity (Wildman–Crippen MR) is 80.2 cm³/mol. The van der Waals surface area contributed by atoms with E-state index >= 15 is 0 Å². The summed E-state index contributed by atoms with van der Waals surface area (Å²) in [7, 11) is 0. The molecule has 0 radical (unpaired) electrons. The van der Waals surface area contributed by atoms with Crippen molar-refractivity contribution in [2.24, 2.45) is 0 Å². The van der Waals surface area contributed by atoms with Gasteiger partial charge in [0.15, 0.2) is 5.82 Å². The molecular weight excluding hydrogens is 266 g/mol. The van der Waals surface area contributed by atoms with Gasteiger partial charge in [-0.3, -0.25) is 10.1 Å². The minimum Gasteiger partial charge on any atom is -0.378 e. The fourth-order valence-electron chi connectivity index (χ4n) is 2.61. The number of hydrogen-bond donors (Lipinski definition) is 1. The van der Waals surface area contributed by atoms with E-state index in [1.807, 2.05) is 30.5 Å². The Morgan fingerprint density at radius 2 is 2.05 bits per heavy atom. The third kappa shape index (κ3) is 2.23. The fourth-order valence-corrected chi connectivity index (χ4v) is 2.61. The molecule has 0 unspecified atom stereocenters. The van der Waals surface area contributed by atoms with Crippen LogP contribution in [0, 0.1) is 0 Å². The van der Waals surface area contributed by atoms with Crippen LogP contribution in [0.25, 0.3) is 22.2 Å². The number of H-pyrrole nitrogens is 1. The van der Waals surface area contributed by atoms with Crippen molar-refractivity contribution in [3.8, 4) is 11.4 Å². The van der Waals surface area contributed by atoms with Crippen LogP contribution in [-0.2, 0) is 4.74 Å². The number of fused-ring (bicyclic) bond motifs is 1. The maximum absolute atomic E-state index is 5.36. The molecule has 0 bridgehead atoms. The second-order valence-electron chi connectivity index (χ2n) is 4.99. The normalized spacial score (nSPS) is 15.5. The summed E-state index contributed by atoms with van der Waals surface area (Å²) >= 11 is 0. The van der Waals surface area contributed by atoms with Crippen LogP contribution in [0.3, 0.4) is 0 Å². The van der Waals surface area contributed by atoms with Crippen molar-refractivity contribution in [1.82, 2.24) is 20.2 Å². The molecule has 1 aliphatic rings. The Balaban J connectivity index is 1.74. The number of nitrogens with one attached hydrogen (secondary N) is 1. The minimum absolute atomic E-state index is 0.726. The zero-order chi connectivity index (χ0) is 14.1. The first-order valence-corrected chi connectivity index (χ1v) is 7.00. The highest BCUT2D eigenvalue weighted by Crippen LogP contribution is 2.26. The highest BCUT2D eigenvalue weighted by molar-refractivity contribution is 5.94. The van der Waals surface area contributed by atoms with Crippen LogP contribution in [0.5, 0.6) is 0 Å². The van der Waals surface area contributed by atoms with Crippen molar-refractivity contribution in [2.75, 3.05) is 31.2 Å². The molecule has 6 heteroatoms. The molecule has 4 rings (SSSR count). The first-order valence-electron chi connectivity index (χ1n) is 7.00. The Morgan fingerprint density at radius 3 is 2.95 bits per heavy atom. The monoisotopic (exact) mass is 281 g/mol. The van der Waals surface area contributed by atoms with Gasteiger partial charge < -0.3 is 9.64 Å².